The Labute approximate surface area is 484 Å². The van der Waals surface area contributed by atoms with Crippen LogP contribution >= 0.6 is 0 Å². The molecule has 4 heterocycles. The molecule has 0 N–H and O–H groups in total. The summed E-state index contributed by atoms with van der Waals surface area (Å²) in [5, 5.41) is 8.40. The second-order valence-corrected chi connectivity index (χ2v) is 30.3. The Kier molecular flexibility index (Phi) is 23.4. The highest BCUT2D eigenvalue weighted by atomic mass is 16.7. The van der Waals surface area contributed by atoms with E-state index in [1.54, 1.807) is 0 Å². The maximum Gasteiger partial charge on any atom is 0.306 e. The summed E-state index contributed by atoms with van der Waals surface area (Å²) in [6, 6.07) is 0. The zero-order chi connectivity index (χ0) is 59.0. The first-order valence-electron chi connectivity index (χ1n) is 31.7. The fourth-order valence-corrected chi connectivity index (χ4v) is 15.7. The van der Waals surface area contributed by atoms with E-state index < -0.39 is 34.4 Å². The van der Waals surface area contributed by atoms with Crippen molar-refractivity contribution in [2.24, 2.45) is 0 Å². The quantitative estimate of drug-likeness (QED) is 0.0435. The van der Waals surface area contributed by atoms with E-state index in [-0.39, 0.29) is 83.9 Å². The first-order chi connectivity index (χ1) is 37.3. The molecule has 6 aliphatic rings. The number of hydroxylamine groups is 8. The molecular weight excluding hydrogens is 1020 g/mol. The smallest absolute Gasteiger partial charge is 0.306 e. The van der Waals surface area contributed by atoms with E-state index in [9.17, 15) is 19.2 Å². The summed E-state index contributed by atoms with van der Waals surface area (Å²) >= 11 is 0. The van der Waals surface area contributed by atoms with Crippen molar-refractivity contribution in [2.75, 3.05) is 13.2 Å². The Morgan fingerprint density at radius 3 is 0.925 bits per heavy atom. The third kappa shape index (κ3) is 18.7. The number of aldehydes is 2. The van der Waals surface area contributed by atoms with Crippen LogP contribution in [0.15, 0.2) is 0 Å². The van der Waals surface area contributed by atoms with Gasteiger partial charge in [0.15, 0.2) is 12.6 Å². The van der Waals surface area contributed by atoms with Gasteiger partial charge in [0.05, 0.1) is 24.4 Å². The van der Waals surface area contributed by atoms with Crippen molar-refractivity contribution in [1.82, 2.24) is 20.3 Å². The maximum absolute atomic E-state index is 13.2. The lowest BCUT2D eigenvalue weighted by Gasteiger charge is -2.55. The molecule has 4 saturated heterocycles. The highest BCUT2D eigenvalue weighted by molar-refractivity contribution is 5.70. The third-order valence-electron chi connectivity index (χ3n) is 18.2. The minimum atomic E-state index is -0.719. The van der Waals surface area contributed by atoms with Crippen LogP contribution < -0.4 is 0 Å². The number of carbonyl (C=O) groups is 4. The molecule has 0 aromatic rings. The highest BCUT2D eigenvalue weighted by Gasteiger charge is 2.53. The third-order valence-corrected chi connectivity index (χ3v) is 18.2. The Balaban J connectivity index is 0.833. The van der Waals surface area contributed by atoms with E-state index in [1.807, 2.05) is 10.1 Å². The summed E-state index contributed by atoms with van der Waals surface area (Å²) in [7, 11) is 0. The molecule has 16 nitrogen and oxygen atoms in total. The minimum absolute atomic E-state index is 0.107. The Bertz CT molecular complexity index is 1770. The summed E-state index contributed by atoms with van der Waals surface area (Å²) in [5.74, 6) is -0.347. The van der Waals surface area contributed by atoms with Crippen LogP contribution in [0, 0.1) is 0 Å². The minimum Gasteiger partial charge on any atom is -0.462 e. The fourth-order valence-electron chi connectivity index (χ4n) is 15.7. The zero-order valence-electron chi connectivity index (χ0n) is 53.3. The van der Waals surface area contributed by atoms with Crippen LogP contribution in [-0.4, -0.2) is 151 Å². The topological polar surface area (TPSA) is 155 Å². The van der Waals surface area contributed by atoms with Crippen LogP contribution in [0.1, 0.15) is 278 Å². The highest BCUT2D eigenvalue weighted by Crippen LogP contribution is 2.46. The van der Waals surface area contributed by atoms with E-state index in [0.717, 1.165) is 102 Å². The summed E-state index contributed by atoms with van der Waals surface area (Å²) in [5.41, 5.74) is -2.91. The molecule has 0 spiro atoms. The number of hydrogen-bond acceptors (Lipinski definition) is 16. The van der Waals surface area contributed by atoms with Gasteiger partial charge in [0.2, 0.25) is 0 Å². The molecule has 6 fully saturated rings. The molecule has 0 radical (unpaired) electrons. The molecule has 2 aliphatic carbocycles. The van der Waals surface area contributed by atoms with Crippen molar-refractivity contribution in [3.8, 4) is 0 Å². The lowest BCUT2D eigenvalue weighted by molar-refractivity contribution is -0.325. The molecule has 0 amide bonds. The van der Waals surface area contributed by atoms with E-state index in [2.05, 4.69) is 121 Å². The van der Waals surface area contributed by atoms with Crippen molar-refractivity contribution in [3.63, 3.8) is 0 Å². The van der Waals surface area contributed by atoms with Gasteiger partial charge >= 0.3 is 11.9 Å². The fraction of sp³-hybridized carbons (Fsp3) is 0.938. The molecule has 16 heteroatoms. The maximum atomic E-state index is 13.2. The van der Waals surface area contributed by atoms with Gasteiger partial charge in [-0.25, -0.2) is 0 Å². The van der Waals surface area contributed by atoms with Crippen LogP contribution in [0.4, 0.5) is 0 Å². The van der Waals surface area contributed by atoms with Gasteiger partial charge in [-0.05, 0) is 175 Å². The molecule has 2 unspecified atom stereocenters. The first kappa shape index (κ1) is 67.0. The van der Waals surface area contributed by atoms with Crippen molar-refractivity contribution < 1.29 is 57.5 Å². The largest absolute Gasteiger partial charge is 0.462 e. The average molecular weight is 1130 g/mol. The molecule has 462 valence electrons. The number of hydrogen-bond donors (Lipinski definition) is 0. The molecule has 0 aromatic carbocycles. The van der Waals surface area contributed by atoms with Crippen molar-refractivity contribution in [2.45, 2.75) is 371 Å². The van der Waals surface area contributed by atoms with Gasteiger partial charge < -0.3 is 28.5 Å². The van der Waals surface area contributed by atoms with Gasteiger partial charge in [-0.15, -0.1) is 0 Å². The molecule has 4 aliphatic heterocycles. The van der Waals surface area contributed by atoms with E-state index >= 15 is 0 Å². The Hall–Kier alpha value is -2.12. The number of rotatable bonds is 27. The molecule has 2 saturated carbocycles. The first-order valence-corrected chi connectivity index (χ1v) is 31.7. The second-order valence-electron chi connectivity index (χ2n) is 30.3. The SMILES string of the molecule is CC1(C)CC(OC(=O)CCCCCCCCC(=O)OC2CC(C)(C)N(OCC(C=O)OC3CC(C)(C)N(OC4CCCCC4)C(C)(C)C3)C(C)(C)C2)CC(C)(C)N1OCC(C=O)OC1CC(C)(C)N(OC2CCCCC2)C(C)(C)C1. The normalized spacial score (nSPS) is 27.1. The monoisotopic (exact) mass is 1130 g/mol. The van der Waals surface area contributed by atoms with Gasteiger partial charge in [-0.1, -0.05) is 64.2 Å². The van der Waals surface area contributed by atoms with Gasteiger partial charge in [-0.2, -0.15) is 20.3 Å². The van der Waals surface area contributed by atoms with Crippen LogP contribution in [0.25, 0.3) is 0 Å². The molecule has 6 rings (SSSR count). The second kappa shape index (κ2) is 27.9. The molecule has 0 aromatic heterocycles. The van der Waals surface area contributed by atoms with E-state index in [0.29, 0.717) is 38.5 Å². The zero-order valence-corrected chi connectivity index (χ0v) is 53.3. The van der Waals surface area contributed by atoms with Crippen molar-refractivity contribution in [3.05, 3.63) is 0 Å². The lowest BCUT2D eigenvalue weighted by atomic mass is 9.80. The number of esters is 2. The van der Waals surface area contributed by atoms with Crippen molar-refractivity contribution in [1.29, 1.82) is 0 Å². The number of ether oxygens (including phenoxy) is 4. The van der Waals surface area contributed by atoms with Crippen molar-refractivity contribution >= 4 is 24.5 Å². The average Bonchev–Trinajstić information content (AvgIpc) is 3.54. The molecule has 80 heavy (non-hydrogen) atoms. The predicted octanol–water partition coefficient (Wildman–Crippen LogP) is 12.8. The summed E-state index contributed by atoms with van der Waals surface area (Å²) in [4.78, 5) is 77.6. The number of nitrogens with zero attached hydrogens (tertiary/aromatic N) is 4. The summed E-state index contributed by atoms with van der Waals surface area (Å²) in [6.07, 6.45) is 23.4. The molecular formula is C64H114N4O12. The van der Waals surface area contributed by atoms with E-state index in [4.69, 9.17) is 38.3 Å². The van der Waals surface area contributed by atoms with Gasteiger partial charge in [-0.3, -0.25) is 28.9 Å². The lowest BCUT2D eigenvalue weighted by Crippen LogP contribution is -2.63. The van der Waals surface area contributed by atoms with Gasteiger partial charge in [0.25, 0.3) is 0 Å². The van der Waals surface area contributed by atoms with Crippen LogP contribution in [0.3, 0.4) is 0 Å². The Morgan fingerprint density at radius 1 is 0.375 bits per heavy atom. The van der Waals surface area contributed by atoms with Crippen LogP contribution in [0.2, 0.25) is 0 Å². The number of carbonyl (C=O) groups excluding carboxylic acids is 4. The molecule has 2 atom stereocenters. The molecule has 0 bridgehead atoms. The van der Waals surface area contributed by atoms with Gasteiger partial charge in [0, 0.05) is 82.8 Å². The Morgan fingerprint density at radius 2 is 0.637 bits per heavy atom. The van der Waals surface area contributed by atoms with E-state index in [1.165, 1.54) is 38.5 Å². The predicted molar refractivity (Wildman–Crippen MR) is 311 cm³/mol. The standard InChI is InChI=1S/C64H114N4O12/c1-57(2)39-51(40-58(3,4)65(57)73-45-53(43-69)75-49-35-61(9,10)67(62(11,12)36-49)79-47-29-23-21-24-30-47)77-55(71)33-27-19-17-18-20-28-34-56(72)78-52-41-59(5,6)66(60(7,8)42-52)74-46-54(44-70)76-50-37-63(13,14)68(64(15,16)38-50)80-48-31-25-22-26-32-48/h43-44,47-54H,17-42,45-46H2,1-16H3. The number of piperidine rings is 4. The van der Waals surface area contributed by atoms with Crippen LogP contribution in [-0.2, 0) is 57.5 Å². The van der Waals surface area contributed by atoms with Gasteiger partial charge in [0.1, 0.15) is 37.6 Å². The number of unbranched alkanes of at least 4 members (excludes halogenated alkanes) is 5. The summed E-state index contributed by atoms with van der Waals surface area (Å²) < 4.78 is 25.2. The summed E-state index contributed by atoms with van der Waals surface area (Å²) in [6.45, 7) is 34.7. The van der Waals surface area contributed by atoms with Crippen LogP contribution in [0.5, 0.6) is 0 Å².